The van der Waals surface area contributed by atoms with E-state index < -0.39 is 11.7 Å². The van der Waals surface area contributed by atoms with E-state index in [-0.39, 0.29) is 17.1 Å². The third kappa shape index (κ3) is 4.69. The number of benzene rings is 2. The average Bonchev–Trinajstić information content (AvgIpc) is 3.17. The fourth-order valence-electron chi connectivity index (χ4n) is 3.44. The van der Waals surface area contributed by atoms with Gasteiger partial charge in [-0.15, -0.1) is 10.2 Å². The van der Waals surface area contributed by atoms with E-state index in [1.165, 1.54) is 12.1 Å². The Morgan fingerprint density at radius 3 is 2.23 bits per heavy atom. The summed E-state index contributed by atoms with van der Waals surface area (Å²) in [6.07, 6.45) is -4.52. The summed E-state index contributed by atoms with van der Waals surface area (Å²) in [5.74, 6) is 0.990. The molecule has 0 aliphatic carbocycles. The maximum absolute atomic E-state index is 13.6. The molecule has 5 nitrogen and oxygen atoms in total. The standard InChI is InChI=1S/C21H21F3N4OS/c1-13-11-28(12-14(2)29-13)30-18-10-16(8-9-17(18)21(22,23)24)20-25-19(26-27-20)15-6-4-3-5-7-15/h3-10,13-14H,11-12H2,1-2H3,(H,25,26,27). The number of hydrogen-bond donors (Lipinski definition) is 1. The minimum Gasteiger partial charge on any atom is -0.373 e. The molecule has 0 radical (unpaired) electrons. The quantitative estimate of drug-likeness (QED) is 0.567. The van der Waals surface area contributed by atoms with Gasteiger partial charge < -0.3 is 9.72 Å². The maximum Gasteiger partial charge on any atom is 0.417 e. The molecule has 1 saturated heterocycles. The highest BCUT2D eigenvalue weighted by molar-refractivity contribution is 7.97. The van der Waals surface area contributed by atoms with E-state index in [9.17, 15) is 13.2 Å². The van der Waals surface area contributed by atoms with Gasteiger partial charge in [-0.1, -0.05) is 36.4 Å². The predicted molar refractivity (Wildman–Crippen MR) is 110 cm³/mol. The first-order chi connectivity index (χ1) is 14.3. The van der Waals surface area contributed by atoms with E-state index in [2.05, 4.69) is 15.2 Å². The summed E-state index contributed by atoms with van der Waals surface area (Å²) in [4.78, 5) is 3.24. The molecule has 0 saturated carbocycles. The van der Waals surface area contributed by atoms with Crippen molar-refractivity contribution >= 4 is 11.9 Å². The fraction of sp³-hybridized carbons (Fsp3) is 0.333. The van der Waals surface area contributed by atoms with Gasteiger partial charge in [0.1, 0.15) is 0 Å². The maximum atomic E-state index is 13.6. The van der Waals surface area contributed by atoms with E-state index in [1.807, 2.05) is 48.5 Å². The van der Waals surface area contributed by atoms with Gasteiger partial charge in [0, 0.05) is 29.1 Å². The van der Waals surface area contributed by atoms with Crippen molar-refractivity contribution in [1.29, 1.82) is 0 Å². The molecule has 2 atom stereocenters. The van der Waals surface area contributed by atoms with Crippen LogP contribution < -0.4 is 0 Å². The summed E-state index contributed by atoms with van der Waals surface area (Å²) < 4.78 is 48.5. The summed E-state index contributed by atoms with van der Waals surface area (Å²) in [6.45, 7) is 4.95. The van der Waals surface area contributed by atoms with Gasteiger partial charge in [-0.05, 0) is 37.9 Å². The second kappa shape index (κ2) is 8.41. The lowest BCUT2D eigenvalue weighted by atomic mass is 10.1. The monoisotopic (exact) mass is 434 g/mol. The van der Waals surface area contributed by atoms with Crippen LogP contribution in [0.2, 0.25) is 0 Å². The lowest BCUT2D eigenvalue weighted by molar-refractivity contribution is -0.139. The number of morpholine rings is 1. The van der Waals surface area contributed by atoms with Gasteiger partial charge in [-0.25, -0.2) is 4.31 Å². The van der Waals surface area contributed by atoms with Crippen LogP contribution in [0.5, 0.6) is 0 Å². The molecule has 0 amide bonds. The zero-order valence-electron chi connectivity index (χ0n) is 16.5. The van der Waals surface area contributed by atoms with E-state index in [0.717, 1.165) is 23.6 Å². The van der Waals surface area contributed by atoms with Crippen molar-refractivity contribution in [2.45, 2.75) is 37.1 Å². The molecule has 2 unspecified atom stereocenters. The van der Waals surface area contributed by atoms with E-state index >= 15 is 0 Å². The number of H-pyrrole nitrogens is 1. The minimum absolute atomic E-state index is 0.0403. The molecule has 1 aliphatic rings. The molecule has 158 valence electrons. The molecular formula is C21H21F3N4OS. The Labute approximate surface area is 176 Å². The highest BCUT2D eigenvalue weighted by atomic mass is 32.2. The number of aromatic nitrogens is 3. The van der Waals surface area contributed by atoms with Crippen LogP contribution in [0.3, 0.4) is 0 Å². The third-order valence-corrected chi connectivity index (χ3v) is 5.80. The average molecular weight is 434 g/mol. The number of alkyl halides is 3. The Bertz CT molecular complexity index is 999. The summed E-state index contributed by atoms with van der Waals surface area (Å²) in [6, 6.07) is 13.5. The van der Waals surface area contributed by atoms with Crippen molar-refractivity contribution in [3.8, 4) is 22.8 Å². The molecule has 0 spiro atoms. The van der Waals surface area contributed by atoms with Crippen LogP contribution in [-0.2, 0) is 10.9 Å². The lowest BCUT2D eigenvalue weighted by Crippen LogP contribution is -2.41. The van der Waals surface area contributed by atoms with Crippen molar-refractivity contribution < 1.29 is 17.9 Å². The van der Waals surface area contributed by atoms with E-state index in [0.29, 0.717) is 30.3 Å². The number of halogens is 3. The van der Waals surface area contributed by atoms with Gasteiger partial charge in [0.15, 0.2) is 11.6 Å². The number of nitrogens with one attached hydrogen (secondary N) is 1. The van der Waals surface area contributed by atoms with Crippen LogP contribution in [0, 0.1) is 0 Å². The van der Waals surface area contributed by atoms with Crippen LogP contribution in [0.25, 0.3) is 22.8 Å². The number of nitrogens with zero attached hydrogens (tertiary/aromatic N) is 3. The van der Waals surface area contributed by atoms with E-state index in [4.69, 9.17) is 4.74 Å². The molecule has 30 heavy (non-hydrogen) atoms. The van der Waals surface area contributed by atoms with Crippen molar-refractivity contribution in [3.63, 3.8) is 0 Å². The zero-order chi connectivity index (χ0) is 21.3. The van der Waals surface area contributed by atoms with Crippen molar-refractivity contribution in [2.75, 3.05) is 13.1 Å². The topological polar surface area (TPSA) is 54.0 Å². The number of rotatable bonds is 4. The largest absolute Gasteiger partial charge is 0.417 e. The van der Waals surface area contributed by atoms with Crippen molar-refractivity contribution in [1.82, 2.24) is 19.5 Å². The van der Waals surface area contributed by atoms with Crippen molar-refractivity contribution in [2.24, 2.45) is 0 Å². The first-order valence-electron chi connectivity index (χ1n) is 9.57. The molecule has 1 aromatic heterocycles. The van der Waals surface area contributed by atoms with Crippen LogP contribution in [0.4, 0.5) is 13.2 Å². The normalized spacial score (nSPS) is 20.4. The second-order valence-corrected chi connectivity index (χ2v) is 8.43. The highest BCUT2D eigenvalue weighted by Gasteiger charge is 2.35. The van der Waals surface area contributed by atoms with Gasteiger partial charge in [0.2, 0.25) is 0 Å². The molecule has 1 N–H and O–H groups in total. The molecule has 2 aromatic carbocycles. The number of hydrogen-bond acceptors (Lipinski definition) is 5. The molecule has 1 aliphatic heterocycles. The molecule has 0 bridgehead atoms. The predicted octanol–water partition coefficient (Wildman–Crippen LogP) is 5.27. The van der Waals surface area contributed by atoms with Crippen LogP contribution in [-0.4, -0.2) is 44.8 Å². The first-order valence-corrected chi connectivity index (χ1v) is 10.3. The van der Waals surface area contributed by atoms with Crippen LogP contribution in [0.1, 0.15) is 19.4 Å². The fourth-order valence-corrected chi connectivity index (χ4v) is 4.75. The molecule has 1 fully saturated rings. The lowest BCUT2D eigenvalue weighted by Gasteiger charge is -2.34. The minimum atomic E-state index is -4.44. The zero-order valence-corrected chi connectivity index (χ0v) is 17.3. The van der Waals surface area contributed by atoms with Crippen molar-refractivity contribution in [3.05, 3.63) is 54.1 Å². The SMILES string of the molecule is CC1CN(Sc2cc(-c3nnc(-c4ccccc4)[nH]3)ccc2C(F)(F)F)CC(C)O1. The number of ether oxygens (including phenoxy) is 1. The Morgan fingerprint density at radius 2 is 1.60 bits per heavy atom. The first kappa shape index (κ1) is 20.9. The van der Waals surface area contributed by atoms with Crippen LogP contribution >= 0.6 is 11.9 Å². The molecular weight excluding hydrogens is 413 g/mol. The van der Waals surface area contributed by atoms with E-state index in [1.54, 1.807) is 0 Å². The second-order valence-electron chi connectivity index (χ2n) is 7.29. The molecule has 9 heteroatoms. The summed E-state index contributed by atoms with van der Waals surface area (Å²) in [7, 11) is 0. The Balaban J connectivity index is 1.66. The van der Waals surface area contributed by atoms with Gasteiger partial charge in [-0.2, -0.15) is 13.2 Å². The van der Waals surface area contributed by atoms with Gasteiger partial charge in [-0.3, -0.25) is 0 Å². The molecule has 3 aromatic rings. The summed E-state index contributed by atoms with van der Waals surface area (Å²) in [5.41, 5.74) is 0.745. The van der Waals surface area contributed by atoms with Gasteiger partial charge in [0.05, 0.1) is 17.8 Å². The van der Waals surface area contributed by atoms with Crippen LogP contribution in [0.15, 0.2) is 53.4 Å². The molecule has 2 heterocycles. The smallest absolute Gasteiger partial charge is 0.373 e. The van der Waals surface area contributed by atoms with Gasteiger partial charge >= 0.3 is 6.18 Å². The highest BCUT2D eigenvalue weighted by Crippen LogP contribution is 2.40. The third-order valence-electron chi connectivity index (χ3n) is 4.71. The van der Waals surface area contributed by atoms with Gasteiger partial charge in [0.25, 0.3) is 0 Å². The summed E-state index contributed by atoms with van der Waals surface area (Å²) in [5, 5.41) is 8.27. The Hall–Kier alpha value is -2.36. The summed E-state index contributed by atoms with van der Waals surface area (Å²) >= 11 is 1.11. The Morgan fingerprint density at radius 1 is 0.967 bits per heavy atom. The Kier molecular flexibility index (Phi) is 5.86. The number of aromatic amines is 1. The molecule has 4 rings (SSSR count).